The van der Waals surface area contributed by atoms with Gasteiger partial charge in [0.1, 0.15) is 5.72 Å². The molecule has 0 aromatic carbocycles. The van der Waals surface area contributed by atoms with E-state index in [-0.39, 0.29) is 17.6 Å². The smallest absolute Gasteiger partial charge is 0.118 e. The van der Waals surface area contributed by atoms with Crippen molar-refractivity contribution in [3.8, 4) is 0 Å². The lowest BCUT2D eigenvalue weighted by atomic mass is 9.98. The zero-order chi connectivity index (χ0) is 21.5. The lowest BCUT2D eigenvalue weighted by molar-refractivity contribution is -0.1000. The Hall–Kier alpha value is 0.0300. The molecule has 0 spiro atoms. The highest BCUT2D eigenvalue weighted by molar-refractivity contribution is 7.61. The Morgan fingerprint density at radius 3 is 2.00 bits per heavy atom. The number of rotatable bonds is 13. The molecule has 5 atom stereocenters. The largest absolute Gasteiger partial charge is 0.375 e. The van der Waals surface area contributed by atoms with Crippen LogP contribution in [-0.2, 0) is 9.47 Å². The molecule has 0 rings (SSSR count). The molecule has 0 aliphatic heterocycles. The van der Waals surface area contributed by atoms with Crippen molar-refractivity contribution in [3.63, 3.8) is 0 Å². The first-order valence-electron chi connectivity index (χ1n) is 10.2. The molecule has 0 bridgehead atoms. The molecule has 0 fully saturated rings. The summed E-state index contributed by atoms with van der Waals surface area (Å²) in [5, 5.41) is 7.46. The van der Waals surface area contributed by atoms with Gasteiger partial charge >= 0.3 is 0 Å². The molecule has 164 valence electrons. The molecule has 7 heteroatoms. The summed E-state index contributed by atoms with van der Waals surface area (Å²) in [5.41, 5.74) is 5.21. The summed E-state index contributed by atoms with van der Waals surface area (Å²) in [4.78, 5) is 0. The third-order valence-corrected chi connectivity index (χ3v) is 7.80. The van der Waals surface area contributed by atoms with E-state index in [9.17, 15) is 0 Å². The van der Waals surface area contributed by atoms with Gasteiger partial charge in [0.2, 0.25) is 0 Å². The number of nitrogens with zero attached hydrogens (tertiary/aromatic N) is 1. The first-order valence-corrected chi connectivity index (χ1v) is 12.4. The van der Waals surface area contributed by atoms with E-state index in [4.69, 9.17) is 15.2 Å². The summed E-state index contributed by atoms with van der Waals surface area (Å²) in [5.74, 6) is 0.775. The second-order valence-corrected chi connectivity index (χ2v) is 12.2. The van der Waals surface area contributed by atoms with Crippen LogP contribution in [-0.4, -0.2) is 50.8 Å². The predicted molar refractivity (Wildman–Crippen MR) is 119 cm³/mol. The van der Waals surface area contributed by atoms with E-state index in [1.807, 2.05) is 14.0 Å². The van der Waals surface area contributed by atoms with E-state index in [1.54, 1.807) is 7.11 Å². The highest BCUT2D eigenvalue weighted by Gasteiger charge is 2.30. The first kappa shape index (κ1) is 27.0. The van der Waals surface area contributed by atoms with Crippen molar-refractivity contribution in [2.24, 2.45) is 22.3 Å². The Balaban J connectivity index is 4.73. The van der Waals surface area contributed by atoms with E-state index in [0.29, 0.717) is 18.6 Å². The summed E-state index contributed by atoms with van der Waals surface area (Å²) < 4.78 is 16.2. The molecule has 4 N–H and O–H groups in total. The van der Waals surface area contributed by atoms with Gasteiger partial charge in [0.25, 0.3) is 0 Å². The van der Waals surface area contributed by atoms with Crippen molar-refractivity contribution in [1.29, 1.82) is 0 Å². The van der Waals surface area contributed by atoms with Crippen LogP contribution >= 0.6 is 7.36 Å². The summed E-state index contributed by atoms with van der Waals surface area (Å²) in [6, 6.07) is 0.718. The van der Waals surface area contributed by atoms with Crippen LogP contribution in [0.15, 0.2) is 4.74 Å². The molecule has 0 aliphatic carbocycles. The molecule has 0 amide bonds. The van der Waals surface area contributed by atoms with Crippen molar-refractivity contribution in [2.45, 2.75) is 91.6 Å². The highest BCUT2D eigenvalue weighted by Crippen LogP contribution is 2.38. The zero-order valence-electron chi connectivity index (χ0n) is 19.7. The van der Waals surface area contributed by atoms with Crippen LogP contribution in [0.25, 0.3) is 0 Å². The minimum Gasteiger partial charge on any atom is -0.375 e. The monoisotopic (exact) mass is 406 g/mol. The Kier molecular flexibility index (Phi) is 11.3. The molecule has 27 heavy (non-hydrogen) atoms. The number of hydrogen-bond donors (Lipinski definition) is 3. The van der Waals surface area contributed by atoms with E-state index < -0.39 is 13.1 Å². The SMILES string of the molecule is CN=P(C)(NC(C)CC(C)C)NC(C)CC(C)(C)OCC(C)C(C)(N)OC. The van der Waals surface area contributed by atoms with Crippen LogP contribution in [0.2, 0.25) is 0 Å². The average Bonchev–Trinajstić information content (AvgIpc) is 2.50. The molecule has 0 aromatic heterocycles. The molecule has 6 nitrogen and oxygen atoms in total. The van der Waals surface area contributed by atoms with E-state index >= 15 is 0 Å². The number of nitrogens with two attached hydrogens (primary N) is 1. The normalized spacial score (nSPS) is 20.6. The number of methoxy groups -OCH3 is 1. The quantitative estimate of drug-likeness (QED) is 0.312. The molecule has 0 aliphatic rings. The van der Waals surface area contributed by atoms with Crippen LogP contribution in [0.4, 0.5) is 0 Å². The first-order chi connectivity index (χ1) is 12.2. The van der Waals surface area contributed by atoms with Crippen molar-refractivity contribution < 1.29 is 9.47 Å². The summed E-state index contributed by atoms with van der Waals surface area (Å²) in [6.07, 6.45) is 2.03. The van der Waals surface area contributed by atoms with Gasteiger partial charge < -0.3 is 15.2 Å². The molecular weight excluding hydrogens is 359 g/mol. The fourth-order valence-electron chi connectivity index (χ4n) is 3.33. The second-order valence-electron chi connectivity index (χ2n) is 9.41. The van der Waals surface area contributed by atoms with Crippen LogP contribution in [0.5, 0.6) is 0 Å². The zero-order valence-corrected chi connectivity index (χ0v) is 20.6. The van der Waals surface area contributed by atoms with E-state index in [0.717, 1.165) is 12.8 Å². The molecule has 0 heterocycles. The summed E-state index contributed by atoms with van der Waals surface area (Å²) >= 11 is 0. The van der Waals surface area contributed by atoms with Gasteiger partial charge in [0.15, 0.2) is 0 Å². The van der Waals surface area contributed by atoms with Gasteiger partial charge in [0, 0.05) is 32.2 Å². The van der Waals surface area contributed by atoms with Crippen molar-refractivity contribution >= 4 is 7.36 Å². The van der Waals surface area contributed by atoms with Gasteiger partial charge in [-0.2, -0.15) is 0 Å². The summed E-state index contributed by atoms with van der Waals surface area (Å²) in [6.45, 7) is 19.9. The van der Waals surface area contributed by atoms with Gasteiger partial charge in [-0.25, -0.2) is 0 Å². The van der Waals surface area contributed by atoms with Crippen LogP contribution in [0.3, 0.4) is 0 Å². The Bertz CT molecular complexity index is 481. The predicted octanol–water partition coefficient (Wildman–Crippen LogP) is 4.42. The fraction of sp³-hybridized carbons (Fsp3) is 1.00. The molecule has 0 radical (unpaired) electrons. The minimum absolute atomic E-state index is 0.104. The number of hydrogen-bond acceptors (Lipinski definition) is 4. The van der Waals surface area contributed by atoms with Gasteiger partial charge in [-0.3, -0.25) is 14.9 Å². The van der Waals surface area contributed by atoms with Crippen LogP contribution in [0, 0.1) is 11.8 Å². The number of nitrogens with one attached hydrogen (secondary N) is 2. The lowest BCUT2D eigenvalue weighted by Gasteiger charge is -2.36. The maximum Gasteiger partial charge on any atom is 0.118 e. The Morgan fingerprint density at radius 2 is 1.56 bits per heavy atom. The van der Waals surface area contributed by atoms with Crippen molar-refractivity contribution in [1.82, 2.24) is 10.2 Å². The van der Waals surface area contributed by atoms with E-state index in [2.05, 4.69) is 70.1 Å². The molecule has 5 unspecified atom stereocenters. The second kappa shape index (κ2) is 11.3. The molecular formula is C20H47N4O2P. The number of ether oxygens (including phenoxy) is 2. The fourth-order valence-corrected chi connectivity index (χ4v) is 5.55. The van der Waals surface area contributed by atoms with Gasteiger partial charge in [-0.1, -0.05) is 20.8 Å². The maximum absolute atomic E-state index is 6.19. The topological polar surface area (TPSA) is 80.9 Å². The molecule has 0 aromatic rings. The average molecular weight is 407 g/mol. The van der Waals surface area contributed by atoms with Crippen LogP contribution < -0.4 is 15.9 Å². The molecule has 0 saturated heterocycles. The van der Waals surface area contributed by atoms with Gasteiger partial charge in [-0.05, 0) is 60.0 Å². The third kappa shape index (κ3) is 11.0. The third-order valence-electron chi connectivity index (χ3n) is 5.11. The van der Waals surface area contributed by atoms with Crippen LogP contribution in [0.1, 0.15) is 68.2 Å². The molecule has 0 saturated carbocycles. The van der Waals surface area contributed by atoms with E-state index in [1.165, 1.54) is 0 Å². The lowest BCUT2D eigenvalue weighted by Crippen LogP contribution is -2.48. The Morgan fingerprint density at radius 1 is 1.04 bits per heavy atom. The van der Waals surface area contributed by atoms with Crippen molar-refractivity contribution in [3.05, 3.63) is 0 Å². The van der Waals surface area contributed by atoms with Gasteiger partial charge in [-0.15, -0.1) is 0 Å². The standard InChI is InChI=1S/C20H47N4O2P/c1-15(2)12-17(4)23-27(11,22-9)24-18(5)13-19(6,7)26-14-16(3)20(8,21)25-10/h15-18,23-24H,12-14,21H2,1-11H3. The summed E-state index contributed by atoms with van der Waals surface area (Å²) in [7, 11) is 1.80. The maximum atomic E-state index is 6.19. The van der Waals surface area contributed by atoms with Gasteiger partial charge in [0.05, 0.1) is 19.6 Å². The minimum atomic E-state index is -1.74. The Labute approximate surface area is 168 Å². The van der Waals surface area contributed by atoms with Crippen molar-refractivity contribution in [2.75, 3.05) is 27.4 Å². The highest BCUT2D eigenvalue weighted by atomic mass is 31.2.